The summed E-state index contributed by atoms with van der Waals surface area (Å²) in [6.45, 7) is 1.07. The van der Waals surface area contributed by atoms with Gasteiger partial charge in [-0.3, -0.25) is 4.79 Å². The van der Waals surface area contributed by atoms with Crippen LogP contribution in [0.3, 0.4) is 0 Å². The van der Waals surface area contributed by atoms with E-state index in [0.29, 0.717) is 13.2 Å². The number of hydrogen-bond acceptors (Lipinski definition) is 5. The third-order valence-electron chi connectivity index (χ3n) is 3.71. The van der Waals surface area contributed by atoms with E-state index in [1.165, 1.54) is 4.90 Å². The zero-order chi connectivity index (χ0) is 15.5. The quantitative estimate of drug-likeness (QED) is 0.718. The molecule has 2 atom stereocenters. The molecule has 120 valence electrons. The minimum Gasteiger partial charge on any atom is -0.481 e. The summed E-state index contributed by atoms with van der Waals surface area (Å²) in [6.07, 6.45) is 1.46. The van der Waals surface area contributed by atoms with Crippen LogP contribution in [0.15, 0.2) is 0 Å². The Bertz CT molecular complexity index is 500. The average molecular weight is 320 g/mol. The first kappa shape index (κ1) is 16.0. The molecular weight excluding hydrogens is 300 g/mol. The van der Waals surface area contributed by atoms with Crippen molar-refractivity contribution in [3.63, 3.8) is 0 Å². The van der Waals surface area contributed by atoms with E-state index in [-0.39, 0.29) is 30.6 Å². The van der Waals surface area contributed by atoms with Gasteiger partial charge in [-0.2, -0.15) is 0 Å². The number of carboxylic acids is 1. The van der Waals surface area contributed by atoms with E-state index in [2.05, 4.69) is 5.32 Å². The van der Waals surface area contributed by atoms with Crippen molar-refractivity contribution in [3.8, 4) is 0 Å². The fourth-order valence-electron chi connectivity index (χ4n) is 2.63. The van der Waals surface area contributed by atoms with Crippen molar-refractivity contribution in [2.75, 3.05) is 31.2 Å². The molecule has 21 heavy (non-hydrogen) atoms. The molecule has 2 amide bonds. The van der Waals surface area contributed by atoms with Gasteiger partial charge in [0.05, 0.1) is 30.1 Å². The van der Waals surface area contributed by atoms with Crippen molar-refractivity contribution in [1.82, 2.24) is 10.2 Å². The number of carboxylic acid groups (broad SMARTS) is 1. The highest BCUT2D eigenvalue weighted by Gasteiger charge is 2.35. The van der Waals surface area contributed by atoms with Crippen molar-refractivity contribution in [1.29, 1.82) is 0 Å². The van der Waals surface area contributed by atoms with Crippen molar-refractivity contribution >= 4 is 21.8 Å². The summed E-state index contributed by atoms with van der Waals surface area (Å²) >= 11 is 0. The summed E-state index contributed by atoms with van der Waals surface area (Å²) in [4.78, 5) is 24.3. The Hall–Kier alpha value is -1.35. The second-order valence-corrected chi connectivity index (χ2v) is 7.61. The topological polar surface area (TPSA) is 113 Å². The van der Waals surface area contributed by atoms with E-state index < -0.39 is 27.9 Å². The van der Waals surface area contributed by atoms with E-state index in [9.17, 15) is 18.0 Å². The van der Waals surface area contributed by atoms with E-state index in [0.717, 1.165) is 12.8 Å². The molecule has 2 rings (SSSR count). The number of carbonyl (C=O) groups is 2. The maximum absolute atomic E-state index is 12.1. The first-order valence-corrected chi connectivity index (χ1v) is 8.78. The summed E-state index contributed by atoms with van der Waals surface area (Å²) in [5.74, 6) is -1.54. The van der Waals surface area contributed by atoms with Crippen LogP contribution < -0.4 is 5.32 Å². The van der Waals surface area contributed by atoms with Crippen molar-refractivity contribution in [2.24, 2.45) is 0 Å². The number of ether oxygens (including phenoxy) is 1. The van der Waals surface area contributed by atoms with Gasteiger partial charge in [-0.15, -0.1) is 0 Å². The Labute approximate surface area is 123 Å². The maximum atomic E-state index is 12.1. The second-order valence-electron chi connectivity index (χ2n) is 5.38. The van der Waals surface area contributed by atoms with Gasteiger partial charge < -0.3 is 20.1 Å². The standard InChI is InChI=1S/C12H20N2O6S/c15-11(16)6-9-8-21(18,19)5-3-14(9)12(17)13-7-10-2-1-4-20-10/h9-10H,1-8H2,(H,13,17)(H,15,16). The highest BCUT2D eigenvalue weighted by molar-refractivity contribution is 7.91. The lowest BCUT2D eigenvalue weighted by atomic mass is 10.2. The summed E-state index contributed by atoms with van der Waals surface area (Å²) in [5.41, 5.74) is 0. The molecule has 0 radical (unpaired) electrons. The van der Waals surface area contributed by atoms with Gasteiger partial charge in [0, 0.05) is 19.7 Å². The molecule has 8 nitrogen and oxygen atoms in total. The summed E-state index contributed by atoms with van der Waals surface area (Å²) in [6, 6.07) is -1.24. The molecule has 2 aliphatic heterocycles. The number of urea groups is 1. The first-order chi connectivity index (χ1) is 9.87. The van der Waals surface area contributed by atoms with Gasteiger partial charge in [0.15, 0.2) is 9.84 Å². The van der Waals surface area contributed by atoms with Crippen LogP contribution in [0, 0.1) is 0 Å². The summed E-state index contributed by atoms with van der Waals surface area (Å²) < 4.78 is 28.6. The Balaban J connectivity index is 1.94. The van der Waals surface area contributed by atoms with Gasteiger partial charge >= 0.3 is 12.0 Å². The predicted octanol–water partition coefficient (Wildman–Crippen LogP) is -0.551. The van der Waals surface area contributed by atoms with Gasteiger partial charge in [-0.1, -0.05) is 0 Å². The monoisotopic (exact) mass is 320 g/mol. The minimum absolute atomic E-state index is 0.0135. The lowest BCUT2D eigenvalue weighted by Gasteiger charge is -2.34. The normalized spacial score (nSPS) is 28.3. The molecule has 0 aromatic heterocycles. The van der Waals surface area contributed by atoms with Crippen molar-refractivity contribution in [3.05, 3.63) is 0 Å². The van der Waals surface area contributed by atoms with Gasteiger partial charge in [-0.25, -0.2) is 13.2 Å². The SMILES string of the molecule is O=C(O)CC1CS(=O)(=O)CCN1C(=O)NCC1CCCO1. The molecule has 0 bridgehead atoms. The fraction of sp³-hybridized carbons (Fsp3) is 0.833. The van der Waals surface area contributed by atoms with Crippen LogP contribution in [0.1, 0.15) is 19.3 Å². The molecule has 0 aliphatic carbocycles. The summed E-state index contributed by atoms with van der Waals surface area (Å²) in [7, 11) is -3.28. The van der Waals surface area contributed by atoms with Gasteiger partial charge in [0.1, 0.15) is 0 Å². The second kappa shape index (κ2) is 6.61. The molecule has 2 saturated heterocycles. The molecule has 0 aromatic rings. The Morgan fingerprint density at radius 2 is 2.14 bits per heavy atom. The molecule has 2 N–H and O–H groups in total. The third kappa shape index (κ3) is 4.57. The number of aliphatic carboxylic acids is 1. The Morgan fingerprint density at radius 1 is 1.38 bits per heavy atom. The van der Waals surface area contributed by atoms with Crippen molar-refractivity contribution in [2.45, 2.75) is 31.4 Å². The molecule has 2 heterocycles. The molecule has 9 heteroatoms. The fourth-order valence-corrected chi connectivity index (χ4v) is 4.16. The molecular formula is C12H20N2O6S. The van der Waals surface area contributed by atoms with Crippen LogP contribution in [0.5, 0.6) is 0 Å². The molecule has 2 fully saturated rings. The van der Waals surface area contributed by atoms with Crippen LogP contribution in [0.4, 0.5) is 4.79 Å². The van der Waals surface area contributed by atoms with E-state index >= 15 is 0 Å². The lowest BCUT2D eigenvalue weighted by Crippen LogP contribution is -2.55. The number of nitrogens with one attached hydrogen (secondary N) is 1. The van der Waals surface area contributed by atoms with Crippen LogP contribution in [-0.4, -0.2) is 73.8 Å². The number of carbonyl (C=O) groups excluding carboxylic acids is 1. The number of nitrogens with zero attached hydrogens (tertiary/aromatic N) is 1. The predicted molar refractivity (Wildman–Crippen MR) is 73.8 cm³/mol. The maximum Gasteiger partial charge on any atom is 0.317 e. The van der Waals surface area contributed by atoms with Crippen LogP contribution in [-0.2, 0) is 19.4 Å². The van der Waals surface area contributed by atoms with Crippen LogP contribution in [0.25, 0.3) is 0 Å². The van der Waals surface area contributed by atoms with Gasteiger partial charge in [-0.05, 0) is 12.8 Å². The minimum atomic E-state index is -3.28. The molecule has 0 aromatic carbocycles. The number of hydrogen-bond donors (Lipinski definition) is 2. The molecule has 2 aliphatic rings. The lowest BCUT2D eigenvalue weighted by molar-refractivity contribution is -0.138. The van der Waals surface area contributed by atoms with E-state index in [1.807, 2.05) is 0 Å². The van der Waals surface area contributed by atoms with Gasteiger partial charge in [0.25, 0.3) is 0 Å². The Kier molecular flexibility index (Phi) is 5.04. The van der Waals surface area contributed by atoms with E-state index in [1.54, 1.807) is 0 Å². The number of sulfone groups is 1. The van der Waals surface area contributed by atoms with Gasteiger partial charge in [0.2, 0.25) is 0 Å². The highest BCUT2D eigenvalue weighted by Crippen LogP contribution is 2.16. The number of rotatable bonds is 4. The first-order valence-electron chi connectivity index (χ1n) is 6.96. The average Bonchev–Trinajstić information content (AvgIpc) is 2.87. The zero-order valence-corrected chi connectivity index (χ0v) is 12.5. The third-order valence-corrected chi connectivity index (χ3v) is 5.40. The molecule has 2 unspecified atom stereocenters. The Morgan fingerprint density at radius 3 is 2.76 bits per heavy atom. The summed E-state index contributed by atoms with van der Waals surface area (Å²) in [5, 5.41) is 11.6. The smallest absolute Gasteiger partial charge is 0.317 e. The van der Waals surface area contributed by atoms with E-state index in [4.69, 9.17) is 9.84 Å². The largest absolute Gasteiger partial charge is 0.481 e. The zero-order valence-electron chi connectivity index (χ0n) is 11.7. The number of amides is 2. The highest BCUT2D eigenvalue weighted by atomic mass is 32.2. The van der Waals surface area contributed by atoms with Crippen LogP contribution >= 0.6 is 0 Å². The van der Waals surface area contributed by atoms with Crippen LogP contribution in [0.2, 0.25) is 0 Å². The molecule has 0 saturated carbocycles. The van der Waals surface area contributed by atoms with Crippen molar-refractivity contribution < 1.29 is 27.9 Å². The molecule has 0 spiro atoms.